The summed E-state index contributed by atoms with van der Waals surface area (Å²) in [5.41, 5.74) is 7.52. The number of carboxylic acid groups (broad SMARTS) is 1. The Morgan fingerprint density at radius 2 is 1.95 bits per heavy atom. The average molecular weight is 533 g/mol. The molecule has 5 N–H and O–H groups in total. The van der Waals surface area contributed by atoms with Crippen molar-refractivity contribution in [1.82, 2.24) is 0 Å². The molecule has 0 unspecified atom stereocenters. The zero-order chi connectivity index (χ0) is 27.9. The highest BCUT2D eigenvalue weighted by Gasteiger charge is 2.41. The molecule has 0 bridgehead atoms. The number of unbranched alkanes of at least 4 members (excludes halogenated alkanes) is 1. The number of hydrogen-bond acceptors (Lipinski definition) is 6. The number of allylic oxidation sites excluding steroid dienone is 4. The van der Waals surface area contributed by atoms with Crippen molar-refractivity contribution in [3.05, 3.63) is 45.5 Å². The van der Waals surface area contributed by atoms with Crippen molar-refractivity contribution in [3.63, 3.8) is 0 Å². The third kappa shape index (κ3) is 7.45. The number of Topliss-reactive ketones (excluding diaryl/α,β-unsaturated/α-hetero) is 1. The molecule has 4 atom stereocenters. The second kappa shape index (κ2) is 13.2. The van der Waals surface area contributed by atoms with E-state index in [1.807, 2.05) is 26.0 Å². The molecule has 1 saturated carbocycles. The fraction of sp³-hybridized carbons (Fsp3) is 0.552. The molecule has 0 amide bonds. The standard InChI is InChI=1S/C29H41ClN2O5/c1-17(13-14-29(5)18(2)10-12-24(33)20(29)4)9-11-21-26(34)22(19(3)25(30)27(21)35)16-32-15-7-6-8-23(31)28(36)37/h9,13-14,16,18,20,23,34-35H,6-8,10-12,15,31H2,1-5H3,(H,36,37)/b14-13+,17-9+,32-16?/t18-,20+,23-,29+/m1/s1. The van der Waals surface area contributed by atoms with Crippen LogP contribution in [0.15, 0.2) is 28.8 Å². The molecular weight excluding hydrogens is 492 g/mol. The summed E-state index contributed by atoms with van der Waals surface area (Å²) in [6, 6.07) is -0.875. The molecule has 1 aliphatic carbocycles. The normalized spacial score (nSPS) is 23.8. The number of carbonyl (C=O) groups is 2. The van der Waals surface area contributed by atoms with E-state index in [2.05, 4.69) is 24.9 Å². The summed E-state index contributed by atoms with van der Waals surface area (Å²) < 4.78 is 0. The molecule has 2 rings (SSSR count). The van der Waals surface area contributed by atoms with Gasteiger partial charge >= 0.3 is 5.97 Å². The largest absolute Gasteiger partial charge is 0.507 e. The van der Waals surface area contributed by atoms with Crippen LogP contribution in [-0.4, -0.2) is 45.9 Å². The van der Waals surface area contributed by atoms with Gasteiger partial charge in [0.2, 0.25) is 0 Å². The highest BCUT2D eigenvalue weighted by Crippen LogP contribution is 2.45. The minimum Gasteiger partial charge on any atom is -0.507 e. The van der Waals surface area contributed by atoms with E-state index in [0.29, 0.717) is 60.6 Å². The molecule has 0 spiro atoms. The Balaban J connectivity index is 2.16. The lowest BCUT2D eigenvalue weighted by atomic mass is 9.61. The Bertz CT molecular complexity index is 1090. The van der Waals surface area contributed by atoms with Crippen LogP contribution < -0.4 is 5.73 Å². The molecular formula is C29H41ClN2O5. The number of nitrogens with two attached hydrogens (primary N) is 1. The first-order valence-electron chi connectivity index (χ1n) is 12.9. The third-order valence-corrected chi connectivity index (χ3v) is 8.46. The molecule has 0 radical (unpaired) electrons. The summed E-state index contributed by atoms with van der Waals surface area (Å²) in [5, 5.41) is 30.6. The van der Waals surface area contributed by atoms with Crippen LogP contribution in [0.2, 0.25) is 5.02 Å². The van der Waals surface area contributed by atoms with E-state index in [1.165, 1.54) is 6.21 Å². The predicted molar refractivity (Wildman–Crippen MR) is 149 cm³/mol. The Hall–Kier alpha value is -2.64. The van der Waals surface area contributed by atoms with Crippen molar-refractivity contribution >= 4 is 29.6 Å². The molecule has 204 valence electrons. The maximum Gasteiger partial charge on any atom is 0.320 e. The molecule has 1 aromatic rings. The Morgan fingerprint density at radius 3 is 2.59 bits per heavy atom. The van der Waals surface area contributed by atoms with Crippen molar-refractivity contribution in [2.24, 2.45) is 28.0 Å². The Labute approximate surface area is 225 Å². The summed E-state index contributed by atoms with van der Waals surface area (Å²) in [6.07, 6.45) is 11.0. The number of benzene rings is 1. The van der Waals surface area contributed by atoms with Gasteiger partial charge in [0.1, 0.15) is 23.3 Å². The highest BCUT2D eigenvalue weighted by molar-refractivity contribution is 6.33. The maximum atomic E-state index is 12.3. The van der Waals surface area contributed by atoms with E-state index in [-0.39, 0.29) is 34.3 Å². The number of carbonyl (C=O) groups excluding carboxylic acids is 1. The molecule has 8 heteroatoms. The number of nitrogens with zero attached hydrogens (tertiary/aromatic N) is 1. The maximum absolute atomic E-state index is 12.3. The van der Waals surface area contributed by atoms with E-state index in [1.54, 1.807) is 6.92 Å². The van der Waals surface area contributed by atoms with Crippen molar-refractivity contribution in [3.8, 4) is 11.5 Å². The van der Waals surface area contributed by atoms with Crippen molar-refractivity contribution in [2.45, 2.75) is 79.2 Å². The van der Waals surface area contributed by atoms with E-state index in [9.17, 15) is 19.8 Å². The summed E-state index contributed by atoms with van der Waals surface area (Å²) >= 11 is 6.37. The minimum atomic E-state index is -1.02. The number of aliphatic imine (C=N–C) groups is 1. The van der Waals surface area contributed by atoms with Gasteiger partial charge in [-0.15, -0.1) is 0 Å². The Morgan fingerprint density at radius 1 is 1.27 bits per heavy atom. The topological polar surface area (TPSA) is 133 Å². The zero-order valence-electron chi connectivity index (χ0n) is 22.6. The van der Waals surface area contributed by atoms with Gasteiger partial charge in [-0.2, -0.15) is 0 Å². The molecule has 0 aliphatic heterocycles. The third-order valence-electron chi connectivity index (χ3n) is 7.99. The van der Waals surface area contributed by atoms with Gasteiger partial charge in [0.15, 0.2) is 0 Å². The number of ketones is 1. The van der Waals surface area contributed by atoms with Gasteiger partial charge in [0, 0.05) is 36.2 Å². The lowest BCUT2D eigenvalue weighted by molar-refractivity contribution is -0.138. The van der Waals surface area contributed by atoms with Gasteiger partial charge < -0.3 is 21.1 Å². The highest BCUT2D eigenvalue weighted by atomic mass is 35.5. The first-order chi connectivity index (χ1) is 17.3. The SMILES string of the molecule is CC(/C=C/[C@@]1(C)[C@H](C)CCC(=O)[C@@H]1C)=C\Cc1c(O)c(Cl)c(C)c(C=NCCCC[C@@H](N)C(=O)O)c1O. The monoisotopic (exact) mass is 532 g/mol. The summed E-state index contributed by atoms with van der Waals surface area (Å²) in [6.45, 7) is 10.4. The van der Waals surface area contributed by atoms with Gasteiger partial charge in [-0.1, -0.05) is 56.2 Å². The number of aliphatic carboxylic acids is 1. The molecule has 7 nitrogen and oxygen atoms in total. The fourth-order valence-electron chi connectivity index (χ4n) is 4.69. The van der Waals surface area contributed by atoms with Gasteiger partial charge in [0.25, 0.3) is 0 Å². The van der Waals surface area contributed by atoms with Crippen LogP contribution in [0.3, 0.4) is 0 Å². The quantitative estimate of drug-likeness (QED) is 0.163. The van der Waals surface area contributed by atoms with Crippen LogP contribution in [0.1, 0.15) is 76.5 Å². The second-order valence-corrected chi connectivity index (χ2v) is 10.9. The van der Waals surface area contributed by atoms with E-state index < -0.39 is 12.0 Å². The van der Waals surface area contributed by atoms with Crippen LogP contribution >= 0.6 is 11.6 Å². The summed E-state index contributed by atoms with van der Waals surface area (Å²) in [4.78, 5) is 27.4. The van der Waals surface area contributed by atoms with Crippen LogP contribution in [0.5, 0.6) is 11.5 Å². The molecule has 0 saturated heterocycles. The summed E-state index contributed by atoms with van der Waals surface area (Å²) in [7, 11) is 0. The molecule has 1 aromatic carbocycles. The van der Waals surface area contributed by atoms with Gasteiger partial charge in [-0.3, -0.25) is 14.6 Å². The number of phenolic OH excluding ortho intramolecular Hbond substituents is 2. The van der Waals surface area contributed by atoms with E-state index in [4.69, 9.17) is 22.4 Å². The molecule has 0 heterocycles. The first-order valence-corrected chi connectivity index (χ1v) is 13.3. The number of halogens is 1. The number of hydrogen-bond donors (Lipinski definition) is 4. The van der Waals surface area contributed by atoms with Crippen molar-refractivity contribution in [1.29, 1.82) is 0 Å². The molecule has 0 aromatic heterocycles. The van der Waals surface area contributed by atoms with Crippen LogP contribution in [0, 0.1) is 24.2 Å². The van der Waals surface area contributed by atoms with E-state index >= 15 is 0 Å². The minimum absolute atomic E-state index is 0.0416. The van der Waals surface area contributed by atoms with Crippen LogP contribution in [-0.2, 0) is 16.0 Å². The smallest absolute Gasteiger partial charge is 0.320 e. The zero-order valence-corrected chi connectivity index (χ0v) is 23.3. The number of rotatable bonds is 11. The molecule has 37 heavy (non-hydrogen) atoms. The van der Waals surface area contributed by atoms with Gasteiger partial charge in [-0.25, -0.2) is 0 Å². The average Bonchev–Trinajstić information content (AvgIpc) is 2.86. The molecule has 1 fully saturated rings. The number of phenols is 2. The van der Waals surface area contributed by atoms with E-state index in [0.717, 1.165) is 12.0 Å². The lowest BCUT2D eigenvalue weighted by Crippen LogP contribution is -2.40. The number of aromatic hydroxyl groups is 2. The van der Waals surface area contributed by atoms with Gasteiger partial charge in [-0.05, 0) is 62.8 Å². The van der Waals surface area contributed by atoms with Crippen molar-refractivity contribution in [2.75, 3.05) is 6.54 Å². The van der Waals surface area contributed by atoms with Gasteiger partial charge in [0.05, 0.1) is 5.02 Å². The predicted octanol–water partition coefficient (Wildman–Crippen LogP) is 5.75. The van der Waals surface area contributed by atoms with Crippen LogP contribution in [0.25, 0.3) is 0 Å². The summed E-state index contributed by atoms with van der Waals surface area (Å²) in [5.74, 6) is -0.594. The second-order valence-electron chi connectivity index (χ2n) is 10.5. The fourth-order valence-corrected chi connectivity index (χ4v) is 4.91. The lowest BCUT2D eigenvalue weighted by Gasteiger charge is -2.42. The van der Waals surface area contributed by atoms with Crippen LogP contribution in [0.4, 0.5) is 0 Å². The first kappa shape index (κ1) is 30.6. The Kier molecular flexibility index (Phi) is 10.9. The molecule has 1 aliphatic rings. The number of carboxylic acids is 1. The van der Waals surface area contributed by atoms with Crippen molar-refractivity contribution < 1.29 is 24.9 Å².